The minimum Gasteiger partial charge on any atom is -0.354 e. The van der Waals surface area contributed by atoms with Crippen molar-refractivity contribution in [2.45, 2.75) is 71.4 Å². The van der Waals surface area contributed by atoms with Crippen molar-refractivity contribution in [2.24, 2.45) is 17.8 Å². The van der Waals surface area contributed by atoms with Crippen molar-refractivity contribution in [1.82, 2.24) is 9.80 Å². The maximum absolute atomic E-state index is 2.73. The van der Waals surface area contributed by atoms with Crippen LogP contribution in [-0.2, 0) is 6.54 Å². The minimum absolute atomic E-state index is 0.497. The number of nitrogens with zero attached hydrogens (tertiary/aromatic N) is 2. The van der Waals surface area contributed by atoms with Gasteiger partial charge < -0.3 is 9.80 Å². The summed E-state index contributed by atoms with van der Waals surface area (Å²) in [5.41, 5.74) is 6.28. The lowest BCUT2D eigenvalue weighted by Crippen LogP contribution is -2.58. The van der Waals surface area contributed by atoms with E-state index in [0.717, 1.165) is 31.0 Å². The summed E-state index contributed by atoms with van der Waals surface area (Å²) in [6, 6.07) is 4.66. The van der Waals surface area contributed by atoms with Gasteiger partial charge in [0, 0.05) is 24.5 Å². The van der Waals surface area contributed by atoms with E-state index in [4.69, 9.17) is 0 Å². The molecule has 4 saturated carbocycles. The van der Waals surface area contributed by atoms with Crippen LogP contribution in [0.15, 0.2) is 24.5 Å². The van der Waals surface area contributed by atoms with Gasteiger partial charge in [0.1, 0.15) is 0 Å². The molecule has 2 heteroatoms. The van der Waals surface area contributed by atoms with Crippen LogP contribution in [-0.4, -0.2) is 22.0 Å². The fourth-order valence-electron chi connectivity index (χ4n) is 6.95. The Bertz CT molecular complexity index is 659. The van der Waals surface area contributed by atoms with Crippen molar-refractivity contribution < 1.29 is 0 Å². The fourth-order valence-corrected chi connectivity index (χ4v) is 6.95. The minimum atomic E-state index is 0.497. The molecule has 5 aliphatic rings. The molecule has 0 N–H and O–H groups in total. The van der Waals surface area contributed by atoms with Gasteiger partial charge in [-0.1, -0.05) is 17.7 Å². The first-order chi connectivity index (χ1) is 12.0. The molecule has 6 rings (SSSR count). The second kappa shape index (κ2) is 5.53. The second-order valence-electron chi connectivity index (χ2n) is 9.68. The highest BCUT2D eigenvalue weighted by Crippen LogP contribution is 2.58. The van der Waals surface area contributed by atoms with Gasteiger partial charge in [0.2, 0.25) is 0 Å². The van der Waals surface area contributed by atoms with Crippen LogP contribution in [0.4, 0.5) is 0 Å². The van der Waals surface area contributed by atoms with E-state index in [2.05, 4.69) is 55.1 Å². The molecule has 1 aromatic rings. The third-order valence-electron chi connectivity index (χ3n) is 7.61. The molecule has 0 aromatic heterocycles. The van der Waals surface area contributed by atoms with Gasteiger partial charge in [-0.15, -0.1) is 0 Å². The zero-order valence-corrected chi connectivity index (χ0v) is 16.1. The molecule has 0 spiro atoms. The van der Waals surface area contributed by atoms with E-state index in [1.807, 2.05) is 0 Å². The maximum atomic E-state index is 2.73. The molecule has 4 aliphatic carbocycles. The Balaban J connectivity index is 1.32. The molecule has 134 valence electrons. The lowest BCUT2D eigenvalue weighted by molar-refractivity contribution is -0.0753. The van der Waals surface area contributed by atoms with Crippen molar-refractivity contribution in [3.63, 3.8) is 0 Å². The molecule has 1 aromatic carbocycles. The van der Waals surface area contributed by atoms with Crippen LogP contribution in [0.1, 0.15) is 60.8 Å². The summed E-state index contributed by atoms with van der Waals surface area (Å²) in [5.74, 6) is 3.07. The van der Waals surface area contributed by atoms with E-state index in [9.17, 15) is 0 Å². The van der Waals surface area contributed by atoms with Crippen LogP contribution in [0.25, 0.3) is 0 Å². The average Bonchev–Trinajstić information content (AvgIpc) is 2.99. The van der Waals surface area contributed by atoms with E-state index in [1.54, 1.807) is 0 Å². The van der Waals surface area contributed by atoms with E-state index in [-0.39, 0.29) is 0 Å². The molecule has 2 nitrogen and oxygen atoms in total. The Morgan fingerprint density at radius 1 is 0.880 bits per heavy atom. The summed E-state index contributed by atoms with van der Waals surface area (Å²) in [4.78, 5) is 5.26. The van der Waals surface area contributed by atoms with Gasteiger partial charge in [0.15, 0.2) is 0 Å². The van der Waals surface area contributed by atoms with Crippen molar-refractivity contribution in [2.75, 3.05) is 6.67 Å². The molecule has 0 saturated heterocycles. The fraction of sp³-hybridized carbons (Fsp3) is 0.652. The molecule has 4 bridgehead atoms. The molecular weight excluding hydrogens is 304 g/mol. The number of rotatable bonds is 3. The SMILES string of the molecule is Cc1cc(C)c(CN2C=CN(C34CC5CC(CC(C5)C3)C4)C2)c(C)c1. The molecule has 0 amide bonds. The zero-order valence-electron chi connectivity index (χ0n) is 16.1. The average molecular weight is 337 g/mol. The predicted molar refractivity (Wildman–Crippen MR) is 103 cm³/mol. The first-order valence-corrected chi connectivity index (χ1v) is 10.3. The highest BCUT2D eigenvalue weighted by atomic mass is 15.4. The monoisotopic (exact) mass is 336 g/mol. The number of hydrogen-bond acceptors (Lipinski definition) is 2. The van der Waals surface area contributed by atoms with E-state index >= 15 is 0 Å². The molecule has 1 aliphatic heterocycles. The van der Waals surface area contributed by atoms with Crippen molar-refractivity contribution in [3.05, 3.63) is 46.8 Å². The smallest absolute Gasteiger partial charge is 0.0902 e. The lowest BCUT2D eigenvalue weighted by Gasteiger charge is -2.60. The summed E-state index contributed by atoms with van der Waals surface area (Å²) < 4.78 is 0. The Labute approximate surface area is 152 Å². The maximum Gasteiger partial charge on any atom is 0.0902 e. The van der Waals surface area contributed by atoms with Crippen LogP contribution in [0.2, 0.25) is 0 Å². The topological polar surface area (TPSA) is 6.48 Å². The zero-order chi connectivity index (χ0) is 17.2. The highest BCUT2D eigenvalue weighted by molar-refractivity contribution is 5.37. The largest absolute Gasteiger partial charge is 0.354 e. The molecule has 25 heavy (non-hydrogen) atoms. The summed E-state index contributed by atoms with van der Waals surface area (Å²) in [5, 5.41) is 0. The molecule has 4 fully saturated rings. The van der Waals surface area contributed by atoms with Crippen LogP contribution < -0.4 is 0 Å². The van der Waals surface area contributed by atoms with Gasteiger partial charge in [-0.3, -0.25) is 0 Å². The first-order valence-electron chi connectivity index (χ1n) is 10.3. The molecule has 0 atom stereocenters. The number of aryl methyl sites for hydroxylation is 3. The highest BCUT2D eigenvalue weighted by Gasteiger charge is 2.53. The number of benzene rings is 1. The third-order valence-corrected chi connectivity index (χ3v) is 7.61. The van der Waals surface area contributed by atoms with Gasteiger partial charge in [0.05, 0.1) is 6.67 Å². The summed E-state index contributed by atoms with van der Waals surface area (Å²) in [7, 11) is 0. The lowest BCUT2D eigenvalue weighted by atomic mass is 9.52. The predicted octanol–water partition coefficient (Wildman–Crippen LogP) is 5.13. The van der Waals surface area contributed by atoms with Crippen molar-refractivity contribution in [1.29, 1.82) is 0 Å². The Kier molecular flexibility index (Phi) is 3.49. The standard InChI is InChI=1S/C23H32N2/c1-16-6-17(2)22(18(3)7-16)14-24-4-5-25(15-24)23-11-19-8-20(12-23)10-21(9-19)13-23/h4-7,19-21H,8-15H2,1-3H3. The molecule has 1 heterocycles. The van der Waals surface area contributed by atoms with Crippen molar-refractivity contribution in [3.8, 4) is 0 Å². The van der Waals surface area contributed by atoms with Crippen LogP contribution in [0, 0.1) is 38.5 Å². The van der Waals surface area contributed by atoms with Gasteiger partial charge in [-0.2, -0.15) is 0 Å². The van der Waals surface area contributed by atoms with E-state index < -0.39 is 0 Å². The molecule has 0 unspecified atom stereocenters. The summed E-state index contributed by atoms with van der Waals surface area (Å²) in [6.45, 7) is 8.89. The number of hydrogen-bond donors (Lipinski definition) is 0. The Morgan fingerprint density at radius 3 is 2.00 bits per heavy atom. The van der Waals surface area contributed by atoms with Crippen LogP contribution in [0.3, 0.4) is 0 Å². The van der Waals surface area contributed by atoms with Gasteiger partial charge in [-0.25, -0.2) is 0 Å². The van der Waals surface area contributed by atoms with Crippen molar-refractivity contribution >= 4 is 0 Å². The van der Waals surface area contributed by atoms with Gasteiger partial charge >= 0.3 is 0 Å². The van der Waals surface area contributed by atoms with E-state index in [0.29, 0.717) is 5.54 Å². The Morgan fingerprint density at radius 2 is 1.44 bits per heavy atom. The second-order valence-corrected chi connectivity index (χ2v) is 9.68. The van der Waals surface area contributed by atoms with Gasteiger partial charge in [-0.05, 0) is 93.7 Å². The summed E-state index contributed by atoms with van der Waals surface area (Å²) in [6.07, 6.45) is 13.7. The van der Waals surface area contributed by atoms with Crippen LogP contribution >= 0.6 is 0 Å². The first kappa shape index (κ1) is 15.8. The molecule has 0 radical (unpaired) electrons. The quantitative estimate of drug-likeness (QED) is 0.755. The van der Waals surface area contributed by atoms with E-state index in [1.165, 1.54) is 60.8 Å². The summed E-state index contributed by atoms with van der Waals surface area (Å²) >= 11 is 0. The third kappa shape index (κ3) is 2.60. The van der Waals surface area contributed by atoms with Gasteiger partial charge in [0.25, 0.3) is 0 Å². The molecular formula is C23H32N2. The Hall–Kier alpha value is -1.44. The van der Waals surface area contributed by atoms with Crippen LogP contribution in [0.5, 0.6) is 0 Å². The normalized spacial score (nSPS) is 35.9.